The van der Waals surface area contributed by atoms with Gasteiger partial charge in [-0.2, -0.15) is 0 Å². The Morgan fingerprint density at radius 3 is 2.50 bits per heavy atom. The van der Waals surface area contributed by atoms with Crippen molar-refractivity contribution in [1.29, 1.82) is 0 Å². The van der Waals surface area contributed by atoms with Crippen LogP contribution in [0.2, 0.25) is 0 Å². The standard InChI is InChI=1S/C9H10F2O2S/c1-2-14(12,13)6-7-5-8(10)3-4-9(7)11/h3-5H,2,6H2,1H3. The summed E-state index contributed by atoms with van der Waals surface area (Å²) >= 11 is 0. The van der Waals surface area contributed by atoms with Crippen molar-refractivity contribution in [3.63, 3.8) is 0 Å². The van der Waals surface area contributed by atoms with Gasteiger partial charge in [0.1, 0.15) is 11.6 Å². The predicted octanol–water partition coefficient (Wildman–Crippen LogP) is 1.90. The predicted molar refractivity (Wildman–Crippen MR) is 49.5 cm³/mol. The zero-order valence-electron chi connectivity index (χ0n) is 7.63. The molecule has 1 rings (SSSR count). The van der Waals surface area contributed by atoms with Gasteiger partial charge in [0.25, 0.3) is 0 Å². The van der Waals surface area contributed by atoms with E-state index in [-0.39, 0.29) is 11.3 Å². The zero-order chi connectivity index (χ0) is 10.8. The summed E-state index contributed by atoms with van der Waals surface area (Å²) in [5.74, 6) is -1.85. The fourth-order valence-corrected chi connectivity index (χ4v) is 1.89. The summed E-state index contributed by atoms with van der Waals surface area (Å²) in [6.07, 6.45) is 0. The molecule has 1 aromatic rings. The maximum absolute atomic E-state index is 13.0. The highest BCUT2D eigenvalue weighted by atomic mass is 32.2. The van der Waals surface area contributed by atoms with Crippen molar-refractivity contribution in [3.05, 3.63) is 35.4 Å². The number of hydrogen-bond acceptors (Lipinski definition) is 2. The first kappa shape index (κ1) is 11.1. The van der Waals surface area contributed by atoms with Crippen LogP contribution in [0.3, 0.4) is 0 Å². The topological polar surface area (TPSA) is 34.1 Å². The Hall–Kier alpha value is -0.970. The van der Waals surface area contributed by atoms with E-state index in [1.807, 2.05) is 0 Å². The Morgan fingerprint density at radius 2 is 1.93 bits per heavy atom. The molecule has 0 amide bonds. The minimum absolute atomic E-state index is 0.0804. The van der Waals surface area contributed by atoms with Gasteiger partial charge in [0, 0.05) is 11.3 Å². The van der Waals surface area contributed by atoms with E-state index < -0.39 is 27.2 Å². The molecular weight excluding hydrogens is 210 g/mol. The highest BCUT2D eigenvalue weighted by Gasteiger charge is 2.13. The minimum atomic E-state index is -3.32. The van der Waals surface area contributed by atoms with Gasteiger partial charge in [-0.3, -0.25) is 0 Å². The van der Waals surface area contributed by atoms with Gasteiger partial charge in [-0.25, -0.2) is 17.2 Å². The van der Waals surface area contributed by atoms with Crippen LogP contribution < -0.4 is 0 Å². The van der Waals surface area contributed by atoms with E-state index in [0.29, 0.717) is 0 Å². The van der Waals surface area contributed by atoms with Crippen LogP contribution in [-0.4, -0.2) is 14.2 Å². The summed E-state index contributed by atoms with van der Waals surface area (Å²) in [6.45, 7) is 1.46. The third kappa shape index (κ3) is 2.77. The van der Waals surface area contributed by atoms with Crippen LogP contribution in [0.1, 0.15) is 12.5 Å². The first-order valence-corrected chi connectivity index (χ1v) is 5.91. The molecule has 0 atom stereocenters. The molecule has 0 aliphatic rings. The highest BCUT2D eigenvalue weighted by molar-refractivity contribution is 7.90. The van der Waals surface area contributed by atoms with Crippen molar-refractivity contribution in [2.75, 3.05) is 5.75 Å². The van der Waals surface area contributed by atoms with Crippen molar-refractivity contribution >= 4 is 9.84 Å². The summed E-state index contributed by atoms with van der Waals surface area (Å²) < 4.78 is 48.0. The Balaban J connectivity index is 3.03. The van der Waals surface area contributed by atoms with Crippen LogP contribution in [-0.2, 0) is 15.6 Å². The lowest BCUT2D eigenvalue weighted by atomic mass is 10.2. The van der Waals surface area contributed by atoms with Crippen molar-refractivity contribution in [3.8, 4) is 0 Å². The zero-order valence-corrected chi connectivity index (χ0v) is 8.44. The number of halogens is 2. The smallest absolute Gasteiger partial charge is 0.154 e. The van der Waals surface area contributed by atoms with Crippen molar-refractivity contribution in [2.45, 2.75) is 12.7 Å². The van der Waals surface area contributed by atoms with E-state index in [0.717, 1.165) is 18.2 Å². The van der Waals surface area contributed by atoms with E-state index in [2.05, 4.69) is 0 Å². The van der Waals surface area contributed by atoms with Gasteiger partial charge in [0.2, 0.25) is 0 Å². The van der Waals surface area contributed by atoms with Crippen LogP contribution in [0.25, 0.3) is 0 Å². The first-order chi connectivity index (χ1) is 6.44. The van der Waals surface area contributed by atoms with Gasteiger partial charge in [0.15, 0.2) is 9.84 Å². The second kappa shape index (κ2) is 4.04. The number of sulfone groups is 1. The van der Waals surface area contributed by atoms with Crippen molar-refractivity contribution in [1.82, 2.24) is 0 Å². The molecular formula is C9H10F2O2S. The Labute approximate surface area is 81.5 Å². The summed E-state index contributed by atoms with van der Waals surface area (Å²) in [7, 11) is -3.32. The molecule has 0 bridgehead atoms. The number of hydrogen-bond donors (Lipinski definition) is 0. The van der Waals surface area contributed by atoms with E-state index >= 15 is 0 Å². The largest absolute Gasteiger partial charge is 0.229 e. The Morgan fingerprint density at radius 1 is 1.29 bits per heavy atom. The monoisotopic (exact) mass is 220 g/mol. The fraction of sp³-hybridized carbons (Fsp3) is 0.333. The van der Waals surface area contributed by atoms with Crippen molar-refractivity contribution in [2.24, 2.45) is 0 Å². The molecule has 0 aliphatic carbocycles. The average Bonchev–Trinajstić information content (AvgIpc) is 2.11. The van der Waals surface area contributed by atoms with Gasteiger partial charge < -0.3 is 0 Å². The van der Waals surface area contributed by atoms with Gasteiger partial charge >= 0.3 is 0 Å². The quantitative estimate of drug-likeness (QED) is 0.779. The van der Waals surface area contributed by atoms with Crippen LogP contribution in [0, 0.1) is 11.6 Å². The lowest BCUT2D eigenvalue weighted by Crippen LogP contribution is -2.08. The molecule has 0 saturated carbocycles. The molecule has 0 heterocycles. The molecule has 1 aromatic carbocycles. The van der Waals surface area contributed by atoms with Gasteiger partial charge in [-0.05, 0) is 18.2 Å². The average molecular weight is 220 g/mol. The molecule has 0 aliphatic heterocycles. The van der Waals surface area contributed by atoms with E-state index in [1.54, 1.807) is 0 Å². The maximum Gasteiger partial charge on any atom is 0.154 e. The molecule has 5 heteroatoms. The first-order valence-electron chi connectivity index (χ1n) is 4.09. The minimum Gasteiger partial charge on any atom is -0.229 e. The van der Waals surface area contributed by atoms with E-state index in [9.17, 15) is 17.2 Å². The van der Waals surface area contributed by atoms with E-state index in [1.165, 1.54) is 6.92 Å². The molecule has 0 unspecified atom stereocenters. The number of benzene rings is 1. The second-order valence-electron chi connectivity index (χ2n) is 2.91. The molecule has 78 valence electrons. The fourth-order valence-electron chi connectivity index (χ4n) is 0.993. The third-order valence-electron chi connectivity index (χ3n) is 1.82. The molecule has 14 heavy (non-hydrogen) atoms. The number of rotatable bonds is 3. The lowest BCUT2D eigenvalue weighted by molar-refractivity contribution is 0.579. The van der Waals surface area contributed by atoms with Gasteiger partial charge in [-0.15, -0.1) is 0 Å². The molecule has 0 spiro atoms. The lowest BCUT2D eigenvalue weighted by Gasteiger charge is -2.03. The molecule has 0 radical (unpaired) electrons. The van der Waals surface area contributed by atoms with Gasteiger partial charge in [-0.1, -0.05) is 6.92 Å². The Kier molecular flexibility index (Phi) is 3.21. The summed E-state index contributed by atoms with van der Waals surface area (Å²) in [5.41, 5.74) is -0.119. The summed E-state index contributed by atoms with van der Waals surface area (Å²) in [4.78, 5) is 0. The highest BCUT2D eigenvalue weighted by Crippen LogP contribution is 2.13. The normalized spacial score (nSPS) is 11.6. The third-order valence-corrected chi connectivity index (χ3v) is 3.45. The van der Waals surface area contributed by atoms with Crippen LogP contribution in [0.15, 0.2) is 18.2 Å². The molecule has 2 nitrogen and oxygen atoms in total. The molecule has 0 aromatic heterocycles. The van der Waals surface area contributed by atoms with Crippen molar-refractivity contribution < 1.29 is 17.2 Å². The molecule has 0 N–H and O–H groups in total. The van der Waals surface area contributed by atoms with Gasteiger partial charge in [0.05, 0.1) is 5.75 Å². The molecule has 0 saturated heterocycles. The molecule has 0 fully saturated rings. The SMILES string of the molecule is CCS(=O)(=O)Cc1cc(F)ccc1F. The maximum atomic E-state index is 13.0. The summed E-state index contributed by atoms with van der Waals surface area (Å²) in [5, 5.41) is 0. The van der Waals surface area contributed by atoms with E-state index in [4.69, 9.17) is 0 Å². The van der Waals surface area contributed by atoms with Crippen LogP contribution in [0.5, 0.6) is 0 Å². The Bertz CT molecular complexity index is 426. The van der Waals surface area contributed by atoms with Crippen LogP contribution in [0.4, 0.5) is 8.78 Å². The summed E-state index contributed by atoms with van der Waals surface area (Å²) in [6, 6.07) is 2.79. The second-order valence-corrected chi connectivity index (χ2v) is 5.27. The van der Waals surface area contributed by atoms with Crippen LogP contribution >= 0.6 is 0 Å².